The summed E-state index contributed by atoms with van der Waals surface area (Å²) in [7, 11) is 3.38. The van der Waals surface area contributed by atoms with Gasteiger partial charge in [0.1, 0.15) is 17.6 Å². The topological polar surface area (TPSA) is 95.8 Å². The van der Waals surface area contributed by atoms with E-state index in [0.29, 0.717) is 22.0 Å². The van der Waals surface area contributed by atoms with Crippen LogP contribution in [0, 0.1) is 19.7 Å². The molecule has 3 aromatic heterocycles. The first-order valence-electron chi connectivity index (χ1n) is 8.41. The number of carbonyl (C=O) groups is 1. The molecule has 9 heteroatoms. The van der Waals surface area contributed by atoms with Gasteiger partial charge in [0.2, 0.25) is 12.3 Å². The largest absolute Gasteiger partial charge is 0.506 e. The van der Waals surface area contributed by atoms with Gasteiger partial charge >= 0.3 is 0 Å². The molecular formula is C19H20FN5O3. The van der Waals surface area contributed by atoms with Crippen molar-refractivity contribution in [3.8, 4) is 17.4 Å². The van der Waals surface area contributed by atoms with Crippen molar-refractivity contribution in [1.29, 1.82) is 0 Å². The third-order valence-electron chi connectivity index (χ3n) is 4.02. The highest BCUT2D eigenvalue weighted by atomic mass is 19.1. The van der Waals surface area contributed by atoms with Gasteiger partial charge in [-0.2, -0.15) is 10.1 Å². The highest BCUT2D eigenvalue weighted by Crippen LogP contribution is 2.34. The first kappa shape index (κ1) is 19.2. The van der Waals surface area contributed by atoms with Crippen LogP contribution >= 0.6 is 0 Å². The number of aromatic nitrogens is 4. The lowest BCUT2D eigenvalue weighted by Gasteiger charge is -2.08. The number of rotatable bonds is 3. The normalized spacial score (nSPS) is 10.6. The van der Waals surface area contributed by atoms with Crippen LogP contribution in [0.25, 0.3) is 16.4 Å². The van der Waals surface area contributed by atoms with Gasteiger partial charge in [0.15, 0.2) is 11.6 Å². The van der Waals surface area contributed by atoms with Crippen molar-refractivity contribution in [2.45, 2.75) is 13.8 Å². The van der Waals surface area contributed by atoms with Gasteiger partial charge in [-0.1, -0.05) is 0 Å². The number of hydrogen-bond donors (Lipinski definition) is 2. The van der Waals surface area contributed by atoms with Crippen molar-refractivity contribution >= 4 is 22.8 Å². The number of halogens is 1. The first-order valence-corrected chi connectivity index (χ1v) is 8.41. The van der Waals surface area contributed by atoms with Crippen LogP contribution < -0.4 is 4.74 Å². The zero-order valence-corrected chi connectivity index (χ0v) is 15.9. The Hall–Kier alpha value is -3.62. The van der Waals surface area contributed by atoms with Crippen LogP contribution in [0.15, 0.2) is 30.7 Å². The number of fused-ring (bicyclic) bond motifs is 2. The van der Waals surface area contributed by atoms with Crippen LogP contribution in [-0.2, 0) is 4.79 Å². The average molecular weight is 385 g/mol. The Balaban J connectivity index is 0.000000403. The molecule has 1 aromatic carbocycles. The van der Waals surface area contributed by atoms with Crippen LogP contribution in [0.2, 0.25) is 0 Å². The fraction of sp³-hybridized carbons (Fsp3) is 0.211. The molecule has 4 aromatic rings. The van der Waals surface area contributed by atoms with Crippen molar-refractivity contribution in [1.82, 2.24) is 24.5 Å². The third kappa shape index (κ3) is 3.59. The van der Waals surface area contributed by atoms with E-state index in [-0.39, 0.29) is 17.4 Å². The van der Waals surface area contributed by atoms with Crippen LogP contribution in [0.1, 0.15) is 11.3 Å². The summed E-state index contributed by atoms with van der Waals surface area (Å²) in [4.78, 5) is 18.0. The van der Waals surface area contributed by atoms with E-state index in [9.17, 15) is 14.3 Å². The molecule has 0 bridgehead atoms. The number of H-pyrrole nitrogens is 1. The molecule has 0 fully saturated rings. The fourth-order valence-electron chi connectivity index (χ4n) is 2.66. The van der Waals surface area contributed by atoms with E-state index in [0.717, 1.165) is 12.1 Å². The van der Waals surface area contributed by atoms with E-state index >= 15 is 0 Å². The maximum atomic E-state index is 14.6. The molecule has 0 unspecified atom stereocenters. The molecule has 1 amide bonds. The van der Waals surface area contributed by atoms with E-state index in [2.05, 4.69) is 15.1 Å². The van der Waals surface area contributed by atoms with Gasteiger partial charge in [-0.15, -0.1) is 0 Å². The molecule has 28 heavy (non-hydrogen) atoms. The second-order valence-electron chi connectivity index (χ2n) is 6.46. The minimum atomic E-state index is -0.461. The Morgan fingerprint density at radius 2 is 2.04 bits per heavy atom. The highest BCUT2D eigenvalue weighted by molar-refractivity contribution is 5.83. The molecule has 0 aliphatic rings. The minimum Gasteiger partial charge on any atom is -0.506 e. The number of nitrogens with zero attached hydrogens (tertiary/aromatic N) is 4. The first-order chi connectivity index (χ1) is 13.3. The molecular weight excluding hydrogens is 365 g/mol. The summed E-state index contributed by atoms with van der Waals surface area (Å²) >= 11 is 0. The van der Waals surface area contributed by atoms with Gasteiger partial charge in [0.05, 0.1) is 6.20 Å². The highest BCUT2D eigenvalue weighted by Gasteiger charge is 2.17. The summed E-state index contributed by atoms with van der Waals surface area (Å²) in [6.45, 7) is 3.58. The van der Waals surface area contributed by atoms with Gasteiger partial charge in [0, 0.05) is 36.3 Å². The van der Waals surface area contributed by atoms with E-state index in [1.807, 2.05) is 6.92 Å². The molecule has 0 aliphatic heterocycles. The molecule has 0 saturated carbocycles. The Labute approximate surface area is 160 Å². The molecule has 0 spiro atoms. The SMILES string of the molecule is CN(C)C=O.Cc1cc2c(F)c(Oc3ncnn4cc(O)c(C)c34)ccc2[nH]1. The van der Waals surface area contributed by atoms with Crippen LogP contribution in [0.5, 0.6) is 17.4 Å². The van der Waals surface area contributed by atoms with Crippen molar-refractivity contribution in [3.05, 3.63) is 47.8 Å². The number of hydrogen-bond acceptors (Lipinski definition) is 5. The average Bonchev–Trinajstić information content (AvgIpc) is 3.18. The quantitative estimate of drug-likeness (QED) is 0.528. The van der Waals surface area contributed by atoms with Crippen LogP contribution in [-0.4, -0.2) is 50.1 Å². The van der Waals surface area contributed by atoms with E-state index in [1.165, 1.54) is 21.9 Å². The second kappa shape index (κ2) is 7.55. The summed E-state index contributed by atoms with van der Waals surface area (Å²) in [5.74, 6) is -0.134. The van der Waals surface area contributed by atoms with Gasteiger partial charge in [-0.3, -0.25) is 4.79 Å². The van der Waals surface area contributed by atoms with Crippen LogP contribution in [0.3, 0.4) is 0 Å². The second-order valence-corrected chi connectivity index (χ2v) is 6.46. The van der Waals surface area contributed by atoms with E-state index < -0.39 is 5.82 Å². The predicted octanol–water partition coefficient (Wildman–Crippen LogP) is 3.17. The molecule has 146 valence electrons. The van der Waals surface area contributed by atoms with E-state index in [4.69, 9.17) is 4.74 Å². The molecule has 2 N–H and O–H groups in total. The predicted molar refractivity (Wildman–Crippen MR) is 102 cm³/mol. The van der Waals surface area contributed by atoms with Crippen molar-refractivity contribution in [2.75, 3.05) is 14.1 Å². The van der Waals surface area contributed by atoms with Gasteiger partial charge < -0.3 is 19.7 Å². The van der Waals surface area contributed by atoms with Gasteiger partial charge in [-0.05, 0) is 32.0 Å². The fourth-order valence-corrected chi connectivity index (χ4v) is 2.66. The van der Waals surface area contributed by atoms with Crippen molar-refractivity contribution in [3.63, 3.8) is 0 Å². The number of carbonyl (C=O) groups excluding carboxylic acids is 1. The Kier molecular flexibility index (Phi) is 5.16. The third-order valence-corrected chi connectivity index (χ3v) is 4.02. The summed E-state index contributed by atoms with van der Waals surface area (Å²) in [6, 6.07) is 5.02. The number of aromatic amines is 1. The molecule has 0 aliphatic carbocycles. The molecule has 0 saturated heterocycles. The minimum absolute atomic E-state index is 0.0668. The zero-order valence-electron chi connectivity index (χ0n) is 15.9. The standard InChI is InChI=1S/C16H13FN4O2.C3H7NO/c1-8-5-10-11(20-8)3-4-13(14(10)17)23-16-15-9(2)12(22)6-21(15)19-7-18-16;1-4(2)3-5/h3-7,20,22H,1-2H3;3H,1-2H3. The molecule has 8 nitrogen and oxygen atoms in total. The van der Waals surface area contributed by atoms with Crippen molar-refractivity contribution in [2.24, 2.45) is 0 Å². The lowest BCUT2D eigenvalue weighted by molar-refractivity contribution is -0.115. The number of aryl methyl sites for hydroxylation is 2. The maximum absolute atomic E-state index is 14.6. The summed E-state index contributed by atoms with van der Waals surface area (Å²) < 4.78 is 21.7. The Morgan fingerprint density at radius 1 is 1.32 bits per heavy atom. The van der Waals surface area contributed by atoms with Gasteiger partial charge in [0.25, 0.3) is 0 Å². The van der Waals surface area contributed by atoms with E-state index in [1.54, 1.807) is 39.2 Å². The Bertz CT molecular complexity index is 1150. The molecule has 4 rings (SSSR count). The monoisotopic (exact) mass is 385 g/mol. The number of nitrogens with one attached hydrogen (secondary N) is 1. The molecule has 0 atom stereocenters. The number of benzene rings is 1. The smallest absolute Gasteiger partial charge is 0.247 e. The number of ether oxygens (including phenoxy) is 1. The lowest BCUT2D eigenvalue weighted by atomic mass is 10.2. The van der Waals surface area contributed by atoms with Gasteiger partial charge in [-0.25, -0.2) is 8.91 Å². The molecule has 0 radical (unpaired) electrons. The van der Waals surface area contributed by atoms with Crippen molar-refractivity contribution < 1.29 is 19.0 Å². The summed E-state index contributed by atoms with van der Waals surface area (Å²) in [6.07, 6.45) is 3.49. The Morgan fingerprint density at radius 3 is 2.71 bits per heavy atom. The maximum Gasteiger partial charge on any atom is 0.247 e. The number of amides is 1. The summed E-state index contributed by atoms with van der Waals surface area (Å²) in [5, 5.41) is 14.3. The summed E-state index contributed by atoms with van der Waals surface area (Å²) in [5.41, 5.74) is 2.64. The zero-order chi connectivity index (χ0) is 20.4. The van der Waals surface area contributed by atoms with Crippen LogP contribution in [0.4, 0.5) is 4.39 Å². The lowest BCUT2D eigenvalue weighted by Crippen LogP contribution is -2.06. The number of aromatic hydroxyl groups is 1. The molecule has 3 heterocycles.